The van der Waals surface area contributed by atoms with E-state index < -0.39 is 0 Å². The normalized spacial score (nSPS) is 10.6. The molecule has 132 valence electrons. The van der Waals surface area contributed by atoms with Crippen molar-refractivity contribution in [3.63, 3.8) is 0 Å². The van der Waals surface area contributed by atoms with Crippen LogP contribution < -0.4 is 4.74 Å². The Hall–Kier alpha value is -2.95. The van der Waals surface area contributed by atoms with Crippen molar-refractivity contribution in [1.29, 1.82) is 0 Å². The van der Waals surface area contributed by atoms with Gasteiger partial charge in [-0.2, -0.15) is 0 Å². The van der Waals surface area contributed by atoms with Gasteiger partial charge in [-0.15, -0.1) is 0 Å². The first kappa shape index (κ1) is 17.9. The molecule has 0 fully saturated rings. The van der Waals surface area contributed by atoms with Crippen molar-refractivity contribution in [2.24, 2.45) is 5.11 Å². The lowest BCUT2D eigenvalue weighted by Gasteiger charge is -2.08. The van der Waals surface area contributed by atoms with Crippen LogP contribution in [0.4, 0.5) is 0 Å². The number of azide groups is 1. The molecule has 7 heteroatoms. The van der Waals surface area contributed by atoms with E-state index in [0.29, 0.717) is 29.3 Å². The molecule has 6 nitrogen and oxygen atoms in total. The first-order chi connectivity index (χ1) is 12.6. The van der Waals surface area contributed by atoms with Crippen molar-refractivity contribution in [3.05, 3.63) is 74.8 Å². The van der Waals surface area contributed by atoms with E-state index in [1.807, 2.05) is 25.1 Å². The third-order valence-corrected chi connectivity index (χ3v) is 4.61. The third kappa shape index (κ3) is 3.25. The summed E-state index contributed by atoms with van der Waals surface area (Å²) in [4.78, 5) is 15.9. The molecule has 2 aromatic carbocycles. The van der Waals surface area contributed by atoms with Crippen LogP contribution in [0.1, 0.15) is 21.6 Å². The second-order valence-electron chi connectivity index (χ2n) is 5.80. The summed E-state index contributed by atoms with van der Waals surface area (Å²) in [6, 6.07) is 12.4. The zero-order valence-corrected chi connectivity index (χ0v) is 15.2. The number of nitrogens with zero attached hydrogens (tertiary/aromatic N) is 4. The lowest BCUT2D eigenvalue weighted by atomic mass is 10.1. The summed E-state index contributed by atoms with van der Waals surface area (Å²) >= 11 is 5.93. The molecule has 0 spiro atoms. The van der Waals surface area contributed by atoms with Gasteiger partial charge in [0.25, 0.3) is 5.91 Å². The monoisotopic (exact) mass is 368 g/mol. The number of ether oxygens (including phenoxy) is 1. The standard InChI is InChI=1S/C19H17ClN4O2/c1-12-16(9-10-22-23-21)17-8-7-15(26-2)11-18(17)24(12)19(25)13-3-5-14(20)6-4-13/h3-8,11H,9-10H2,1-2H3. The molecule has 3 rings (SSSR count). The molecule has 0 saturated heterocycles. The van der Waals surface area contributed by atoms with E-state index in [-0.39, 0.29) is 5.91 Å². The Balaban J connectivity index is 2.18. The SMILES string of the molecule is COc1ccc2c(CCN=[N+]=[N-])c(C)n(C(=O)c3ccc(Cl)cc3)c2c1. The lowest BCUT2D eigenvalue weighted by Crippen LogP contribution is -2.13. The summed E-state index contributed by atoms with van der Waals surface area (Å²) in [6.45, 7) is 2.23. The van der Waals surface area contributed by atoms with Crippen molar-refractivity contribution in [2.45, 2.75) is 13.3 Å². The number of hydrogen-bond acceptors (Lipinski definition) is 3. The summed E-state index contributed by atoms with van der Waals surface area (Å²) in [7, 11) is 1.59. The Labute approximate surface area is 155 Å². The van der Waals surface area contributed by atoms with Crippen molar-refractivity contribution in [3.8, 4) is 5.75 Å². The minimum Gasteiger partial charge on any atom is -0.497 e. The summed E-state index contributed by atoms with van der Waals surface area (Å²) in [5.74, 6) is 0.522. The average Bonchev–Trinajstić information content (AvgIpc) is 2.93. The minimum absolute atomic E-state index is 0.146. The van der Waals surface area contributed by atoms with Gasteiger partial charge in [-0.25, -0.2) is 0 Å². The van der Waals surface area contributed by atoms with Crippen LogP contribution in [0.3, 0.4) is 0 Å². The molecule has 0 aliphatic heterocycles. The second kappa shape index (κ2) is 7.52. The van der Waals surface area contributed by atoms with Crippen molar-refractivity contribution >= 4 is 28.4 Å². The Morgan fingerprint density at radius 1 is 1.27 bits per heavy atom. The Bertz CT molecular complexity index is 1020. The second-order valence-corrected chi connectivity index (χ2v) is 6.24. The van der Waals surface area contributed by atoms with E-state index >= 15 is 0 Å². The number of halogens is 1. The van der Waals surface area contributed by atoms with Crippen LogP contribution in [0.15, 0.2) is 47.6 Å². The van der Waals surface area contributed by atoms with Gasteiger partial charge < -0.3 is 4.74 Å². The van der Waals surface area contributed by atoms with Gasteiger partial charge in [0.1, 0.15) is 5.75 Å². The van der Waals surface area contributed by atoms with Gasteiger partial charge in [0.15, 0.2) is 0 Å². The maximum absolute atomic E-state index is 13.1. The molecule has 0 aliphatic rings. The molecular formula is C19H17ClN4O2. The molecular weight excluding hydrogens is 352 g/mol. The minimum atomic E-state index is -0.146. The lowest BCUT2D eigenvalue weighted by molar-refractivity contribution is 0.0963. The molecule has 1 heterocycles. The van der Waals surface area contributed by atoms with Crippen molar-refractivity contribution in [1.82, 2.24) is 4.57 Å². The Morgan fingerprint density at radius 2 is 2.00 bits per heavy atom. The van der Waals surface area contributed by atoms with Gasteiger partial charge in [0.2, 0.25) is 0 Å². The highest BCUT2D eigenvalue weighted by molar-refractivity contribution is 6.30. The molecule has 0 radical (unpaired) electrons. The summed E-state index contributed by atoms with van der Waals surface area (Å²) < 4.78 is 6.99. The predicted octanol–water partition coefficient (Wildman–Crippen LogP) is 5.15. The predicted molar refractivity (Wildman–Crippen MR) is 102 cm³/mol. The summed E-state index contributed by atoms with van der Waals surface area (Å²) in [5.41, 5.74) is 11.6. The fourth-order valence-electron chi connectivity index (χ4n) is 3.09. The molecule has 0 aliphatic carbocycles. The van der Waals surface area contributed by atoms with Crippen LogP contribution in [0.25, 0.3) is 21.3 Å². The van der Waals surface area contributed by atoms with Gasteiger partial charge in [-0.05, 0) is 60.8 Å². The molecule has 0 bridgehead atoms. The molecule has 1 aromatic heterocycles. The number of carbonyl (C=O) groups excluding carboxylic acids is 1. The number of hydrogen-bond donors (Lipinski definition) is 0. The van der Waals surface area contributed by atoms with E-state index in [2.05, 4.69) is 10.0 Å². The number of fused-ring (bicyclic) bond motifs is 1. The maximum Gasteiger partial charge on any atom is 0.262 e. The third-order valence-electron chi connectivity index (χ3n) is 4.36. The van der Waals surface area contributed by atoms with Crippen LogP contribution >= 0.6 is 11.6 Å². The van der Waals surface area contributed by atoms with E-state index in [9.17, 15) is 4.79 Å². The Morgan fingerprint density at radius 3 is 2.65 bits per heavy atom. The van der Waals surface area contributed by atoms with Crippen molar-refractivity contribution < 1.29 is 9.53 Å². The van der Waals surface area contributed by atoms with Crippen LogP contribution in [-0.4, -0.2) is 24.1 Å². The van der Waals surface area contributed by atoms with E-state index in [1.54, 1.807) is 35.9 Å². The molecule has 3 aromatic rings. The maximum atomic E-state index is 13.1. The fraction of sp³-hybridized carbons (Fsp3) is 0.211. The van der Waals surface area contributed by atoms with E-state index in [1.165, 1.54) is 0 Å². The largest absolute Gasteiger partial charge is 0.497 e. The van der Waals surface area contributed by atoms with Crippen molar-refractivity contribution in [2.75, 3.05) is 13.7 Å². The van der Waals surface area contributed by atoms with E-state index in [4.69, 9.17) is 21.9 Å². The number of aromatic nitrogens is 1. The fourth-order valence-corrected chi connectivity index (χ4v) is 3.22. The molecule has 0 N–H and O–H groups in total. The summed E-state index contributed by atoms with van der Waals surface area (Å²) in [5, 5.41) is 5.14. The Kier molecular flexibility index (Phi) is 5.16. The highest BCUT2D eigenvalue weighted by Gasteiger charge is 2.20. The molecule has 0 unspecified atom stereocenters. The molecule has 0 amide bonds. The van der Waals surface area contributed by atoms with Crippen LogP contribution in [0, 0.1) is 6.92 Å². The number of carbonyl (C=O) groups is 1. The highest BCUT2D eigenvalue weighted by atomic mass is 35.5. The van der Waals surface area contributed by atoms with Crippen LogP contribution in [0.5, 0.6) is 5.75 Å². The average molecular weight is 369 g/mol. The van der Waals surface area contributed by atoms with Gasteiger partial charge in [-0.3, -0.25) is 9.36 Å². The van der Waals surface area contributed by atoms with Crippen LogP contribution in [0.2, 0.25) is 5.02 Å². The van der Waals surface area contributed by atoms with Gasteiger partial charge in [0.05, 0.1) is 12.6 Å². The zero-order chi connectivity index (χ0) is 18.7. The molecule has 0 atom stereocenters. The summed E-state index contributed by atoms with van der Waals surface area (Å²) in [6.07, 6.45) is 0.555. The number of rotatable bonds is 5. The molecule has 26 heavy (non-hydrogen) atoms. The number of methoxy groups -OCH3 is 1. The molecule has 0 saturated carbocycles. The first-order valence-corrected chi connectivity index (χ1v) is 8.43. The van der Waals surface area contributed by atoms with Gasteiger partial charge in [-0.1, -0.05) is 16.7 Å². The van der Waals surface area contributed by atoms with Gasteiger partial charge >= 0.3 is 0 Å². The van der Waals surface area contributed by atoms with Crippen LogP contribution in [-0.2, 0) is 6.42 Å². The topological polar surface area (TPSA) is 80.0 Å². The zero-order valence-electron chi connectivity index (χ0n) is 14.4. The first-order valence-electron chi connectivity index (χ1n) is 8.06. The van der Waals surface area contributed by atoms with Gasteiger partial charge in [0, 0.05) is 39.2 Å². The smallest absolute Gasteiger partial charge is 0.262 e. The quantitative estimate of drug-likeness (QED) is 0.354. The number of benzene rings is 2. The highest BCUT2D eigenvalue weighted by Crippen LogP contribution is 2.30. The van der Waals surface area contributed by atoms with E-state index in [0.717, 1.165) is 22.2 Å².